The predicted octanol–water partition coefficient (Wildman–Crippen LogP) is 2.48. The zero-order valence-electron chi connectivity index (χ0n) is 11.2. The molecule has 0 aromatic heterocycles. The van der Waals surface area contributed by atoms with Crippen LogP contribution in [0.4, 0.5) is 0 Å². The maximum absolute atomic E-state index is 11.7. The Hall–Kier alpha value is -2.10. The predicted molar refractivity (Wildman–Crippen MR) is 72.3 cm³/mol. The highest BCUT2D eigenvalue weighted by Crippen LogP contribution is 2.22. The molecule has 0 saturated heterocycles. The van der Waals surface area contributed by atoms with E-state index in [2.05, 4.69) is 11.3 Å². The first-order valence-electron chi connectivity index (χ1n) is 6.05. The maximum atomic E-state index is 11.7. The van der Waals surface area contributed by atoms with Crippen molar-refractivity contribution in [1.29, 1.82) is 0 Å². The molecule has 1 heterocycles. The molecule has 0 aromatic carbocycles. The topological polar surface area (TPSA) is 52.6 Å². The van der Waals surface area contributed by atoms with Gasteiger partial charge in [-0.25, -0.2) is 4.79 Å². The molecule has 0 N–H and O–H groups in total. The third kappa shape index (κ3) is 4.58. The van der Waals surface area contributed by atoms with Gasteiger partial charge in [-0.05, 0) is 31.1 Å². The largest absolute Gasteiger partial charge is 0.469 e. The lowest BCUT2D eigenvalue weighted by atomic mass is 10.0. The zero-order chi connectivity index (χ0) is 14.3. The van der Waals surface area contributed by atoms with Gasteiger partial charge in [-0.3, -0.25) is 4.79 Å². The summed E-state index contributed by atoms with van der Waals surface area (Å²) in [6.07, 6.45) is 8.98. The summed E-state index contributed by atoms with van der Waals surface area (Å²) in [4.78, 5) is 22.8. The minimum absolute atomic E-state index is 0.157. The van der Waals surface area contributed by atoms with Crippen molar-refractivity contribution in [3.63, 3.8) is 0 Å². The van der Waals surface area contributed by atoms with Gasteiger partial charge < -0.3 is 9.47 Å². The summed E-state index contributed by atoms with van der Waals surface area (Å²) in [5, 5.41) is 0. The van der Waals surface area contributed by atoms with E-state index in [-0.39, 0.29) is 12.4 Å². The van der Waals surface area contributed by atoms with Crippen molar-refractivity contribution in [2.45, 2.75) is 25.9 Å². The van der Waals surface area contributed by atoms with E-state index >= 15 is 0 Å². The van der Waals surface area contributed by atoms with E-state index in [1.807, 2.05) is 19.1 Å². The fourth-order valence-corrected chi connectivity index (χ4v) is 1.58. The highest BCUT2D eigenvalue weighted by atomic mass is 16.5. The number of cyclic esters (lactones) is 1. The number of allylic oxidation sites excluding steroid dienone is 3. The fraction of sp³-hybridized carbons (Fsp3) is 0.333. The van der Waals surface area contributed by atoms with Crippen LogP contribution in [0.2, 0.25) is 0 Å². The maximum Gasteiger partial charge on any atom is 0.334 e. The molecule has 0 aromatic rings. The van der Waals surface area contributed by atoms with Gasteiger partial charge in [0.25, 0.3) is 0 Å². The molecule has 0 radical (unpaired) electrons. The summed E-state index contributed by atoms with van der Waals surface area (Å²) in [5.74, 6) is -0.763. The van der Waals surface area contributed by atoms with Gasteiger partial charge in [0.1, 0.15) is 6.10 Å². The Morgan fingerprint density at radius 1 is 1.53 bits per heavy atom. The Kier molecular flexibility index (Phi) is 5.79. The Bertz CT molecular complexity index is 455. The number of hydrogen-bond donors (Lipinski definition) is 0. The summed E-state index contributed by atoms with van der Waals surface area (Å²) in [7, 11) is 1.32. The van der Waals surface area contributed by atoms with Crippen molar-refractivity contribution in [3.05, 3.63) is 48.1 Å². The highest BCUT2D eigenvalue weighted by molar-refractivity contribution is 5.91. The first kappa shape index (κ1) is 15.0. The summed E-state index contributed by atoms with van der Waals surface area (Å²) in [6, 6.07) is 0. The summed E-state index contributed by atoms with van der Waals surface area (Å²) in [5.41, 5.74) is 1.14. The summed E-state index contributed by atoms with van der Waals surface area (Å²) >= 11 is 0. The minimum atomic E-state index is -0.439. The van der Waals surface area contributed by atoms with E-state index in [0.29, 0.717) is 17.6 Å². The molecule has 19 heavy (non-hydrogen) atoms. The molecule has 1 aliphatic rings. The Labute approximate surface area is 113 Å². The molecule has 0 spiro atoms. The molecule has 1 rings (SSSR count). The number of rotatable bonds is 5. The average Bonchev–Trinajstić information content (AvgIpc) is 2.40. The average molecular weight is 262 g/mol. The van der Waals surface area contributed by atoms with Crippen LogP contribution in [-0.2, 0) is 19.1 Å². The van der Waals surface area contributed by atoms with Gasteiger partial charge in [0.15, 0.2) is 0 Å². The first-order chi connectivity index (χ1) is 9.08. The third-order valence-corrected chi connectivity index (χ3v) is 2.64. The van der Waals surface area contributed by atoms with E-state index in [9.17, 15) is 9.59 Å². The summed E-state index contributed by atoms with van der Waals surface area (Å²) in [6.45, 7) is 5.76. The van der Waals surface area contributed by atoms with Gasteiger partial charge in [-0.2, -0.15) is 0 Å². The molecule has 1 aliphatic heterocycles. The van der Waals surface area contributed by atoms with E-state index in [1.165, 1.54) is 7.11 Å². The number of carbonyl (C=O) groups excluding carboxylic acids is 2. The van der Waals surface area contributed by atoms with Crippen molar-refractivity contribution in [2.75, 3.05) is 7.11 Å². The van der Waals surface area contributed by atoms with Crippen molar-refractivity contribution in [2.24, 2.45) is 0 Å². The second kappa shape index (κ2) is 7.36. The van der Waals surface area contributed by atoms with Gasteiger partial charge in [-0.1, -0.05) is 24.8 Å². The molecule has 0 fully saturated rings. The van der Waals surface area contributed by atoms with Crippen LogP contribution in [0.1, 0.15) is 19.8 Å². The molecular weight excluding hydrogens is 244 g/mol. The van der Waals surface area contributed by atoms with Gasteiger partial charge in [-0.15, -0.1) is 0 Å². The normalized spacial score (nSPS) is 19.7. The number of esters is 2. The van der Waals surface area contributed by atoms with Crippen molar-refractivity contribution < 1.29 is 19.1 Å². The highest BCUT2D eigenvalue weighted by Gasteiger charge is 2.24. The van der Waals surface area contributed by atoms with Crippen LogP contribution in [0.25, 0.3) is 0 Å². The molecule has 4 heteroatoms. The third-order valence-electron chi connectivity index (χ3n) is 2.64. The van der Waals surface area contributed by atoms with E-state index in [0.717, 1.165) is 0 Å². The van der Waals surface area contributed by atoms with E-state index in [1.54, 1.807) is 18.2 Å². The monoisotopic (exact) mass is 262 g/mol. The molecular formula is C15H18O4. The number of carbonyl (C=O) groups is 2. The van der Waals surface area contributed by atoms with Crippen LogP contribution in [0.5, 0.6) is 0 Å². The lowest BCUT2D eigenvalue weighted by Gasteiger charge is -2.21. The van der Waals surface area contributed by atoms with Gasteiger partial charge >= 0.3 is 11.9 Å². The molecule has 1 atom stereocenters. The van der Waals surface area contributed by atoms with Crippen molar-refractivity contribution >= 4 is 11.9 Å². The Morgan fingerprint density at radius 3 is 2.89 bits per heavy atom. The molecule has 102 valence electrons. The second-order valence-electron chi connectivity index (χ2n) is 4.06. The van der Waals surface area contributed by atoms with Crippen LogP contribution in [0.3, 0.4) is 0 Å². The van der Waals surface area contributed by atoms with Crippen LogP contribution in [-0.4, -0.2) is 25.2 Å². The Morgan fingerprint density at radius 2 is 2.26 bits per heavy atom. The Balaban J connectivity index is 2.67. The summed E-state index contributed by atoms with van der Waals surface area (Å²) < 4.78 is 9.77. The molecule has 0 bridgehead atoms. The standard InChI is InChI=1S/C15H18O4/c1-4-5-6-7-13-11(2)10-12(15(17)19-13)8-9-14(16)18-3/h4-7,10,13H,2,8-9H2,1,3H3/b5-4+,7-6+. The van der Waals surface area contributed by atoms with Crippen LogP contribution >= 0.6 is 0 Å². The zero-order valence-corrected chi connectivity index (χ0v) is 11.2. The van der Waals surface area contributed by atoms with Crippen LogP contribution < -0.4 is 0 Å². The molecule has 0 aliphatic carbocycles. The van der Waals surface area contributed by atoms with E-state index < -0.39 is 12.1 Å². The van der Waals surface area contributed by atoms with Gasteiger partial charge in [0.2, 0.25) is 0 Å². The molecule has 0 amide bonds. The second-order valence-corrected chi connectivity index (χ2v) is 4.06. The van der Waals surface area contributed by atoms with Gasteiger partial charge in [0, 0.05) is 12.0 Å². The SMILES string of the molecule is C=C1C=C(CCC(=O)OC)C(=O)OC1/C=C/C=C/C. The first-order valence-corrected chi connectivity index (χ1v) is 6.05. The van der Waals surface area contributed by atoms with Crippen molar-refractivity contribution in [3.8, 4) is 0 Å². The molecule has 0 saturated carbocycles. The molecule has 4 nitrogen and oxygen atoms in total. The number of ether oxygens (including phenoxy) is 2. The van der Waals surface area contributed by atoms with Crippen LogP contribution in [0, 0.1) is 0 Å². The fourth-order valence-electron chi connectivity index (χ4n) is 1.58. The smallest absolute Gasteiger partial charge is 0.334 e. The molecule has 1 unspecified atom stereocenters. The van der Waals surface area contributed by atoms with E-state index in [4.69, 9.17) is 4.74 Å². The lowest BCUT2D eigenvalue weighted by molar-refractivity contribution is -0.142. The van der Waals surface area contributed by atoms with Crippen molar-refractivity contribution in [1.82, 2.24) is 0 Å². The van der Waals surface area contributed by atoms with Gasteiger partial charge in [0.05, 0.1) is 7.11 Å². The number of hydrogen-bond acceptors (Lipinski definition) is 4. The lowest BCUT2D eigenvalue weighted by Crippen LogP contribution is -2.24. The minimum Gasteiger partial charge on any atom is -0.469 e. The number of methoxy groups -OCH3 is 1. The van der Waals surface area contributed by atoms with Crippen LogP contribution in [0.15, 0.2) is 48.1 Å². The quantitative estimate of drug-likeness (QED) is 0.564.